The minimum atomic E-state index is -0.642. The van der Waals surface area contributed by atoms with E-state index in [2.05, 4.69) is 9.88 Å². The molecule has 7 nitrogen and oxygen atoms in total. The van der Waals surface area contributed by atoms with Gasteiger partial charge in [0.05, 0.1) is 29.7 Å². The number of aromatic nitrogens is 1. The number of Topliss-reactive ketones (excluding diaryl/α,β-unsaturated/α-hetero) is 1. The Bertz CT molecular complexity index is 876. The Labute approximate surface area is 166 Å². The first kappa shape index (κ1) is 18.8. The van der Waals surface area contributed by atoms with E-state index < -0.39 is 17.7 Å². The van der Waals surface area contributed by atoms with E-state index in [9.17, 15) is 14.7 Å². The third kappa shape index (κ3) is 3.58. The first-order valence-electron chi connectivity index (χ1n) is 9.19. The van der Waals surface area contributed by atoms with Crippen LogP contribution in [0.2, 0.25) is 0 Å². The summed E-state index contributed by atoms with van der Waals surface area (Å²) in [6, 6.07) is 6.43. The number of carbonyl (C=O) groups is 2. The highest BCUT2D eigenvalue weighted by atomic mass is 32.1. The minimum Gasteiger partial charge on any atom is -0.503 e. The van der Waals surface area contributed by atoms with Gasteiger partial charge in [-0.1, -0.05) is 12.1 Å². The fourth-order valence-corrected chi connectivity index (χ4v) is 4.29. The number of thiophene rings is 1. The molecule has 0 saturated carbocycles. The Morgan fingerprint density at radius 3 is 2.75 bits per heavy atom. The number of hydrogen-bond donors (Lipinski definition) is 1. The SMILES string of the molecule is O=C(C1=C(O)C(=O)N(CCN2CCOCC2)[C@H]1c1cccnc1)c1cccs1. The lowest BCUT2D eigenvalue weighted by Gasteiger charge is -2.31. The molecule has 1 N–H and O–H groups in total. The molecular weight excluding hydrogens is 378 g/mol. The number of ketones is 1. The number of aliphatic hydroxyl groups is 1. The Morgan fingerprint density at radius 1 is 1.25 bits per heavy atom. The number of nitrogens with zero attached hydrogens (tertiary/aromatic N) is 3. The molecule has 0 spiro atoms. The third-order valence-corrected chi connectivity index (χ3v) is 5.92. The van der Waals surface area contributed by atoms with Gasteiger partial charge in [0.25, 0.3) is 5.91 Å². The summed E-state index contributed by atoms with van der Waals surface area (Å²) < 4.78 is 5.37. The summed E-state index contributed by atoms with van der Waals surface area (Å²) in [6.07, 6.45) is 3.28. The second-order valence-corrected chi connectivity index (χ2v) is 7.66. The van der Waals surface area contributed by atoms with Crippen molar-refractivity contribution in [3.05, 3.63) is 63.8 Å². The summed E-state index contributed by atoms with van der Waals surface area (Å²) in [4.78, 5) is 34.3. The van der Waals surface area contributed by atoms with E-state index in [1.54, 1.807) is 40.9 Å². The number of morpholine rings is 1. The van der Waals surface area contributed by atoms with E-state index in [1.165, 1.54) is 11.3 Å². The summed E-state index contributed by atoms with van der Waals surface area (Å²) in [5, 5.41) is 12.4. The molecule has 2 aliphatic rings. The van der Waals surface area contributed by atoms with Crippen LogP contribution < -0.4 is 0 Å². The summed E-state index contributed by atoms with van der Waals surface area (Å²) in [5.41, 5.74) is 0.837. The van der Waals surface area contributed by atoms with Crippen LogP contribution in [0.3, 0.4) is 0 Å². The highest BCUT2D eigenvalue weighted by molar-refractivity contribution is 7.12. The van der Waals surface area contributed by atoms with Gasteiger partial charge in [-0.25, -0.2) is 0 Å². The maximum absolute atomic E-state index is 13.1. The molecule has 1 fully saturated rings. The van der Waals surface area contributed by atoms with Crippen LogP contribution in [0.25, 0.3) is 0 Å². The van der Waals surface area contributed by atoms with E-state index in [0.29, 0.717) is 36.7 Å². The predicted octanol–water partition coefficient (Wildman–Crippen LogP) is 2.05. The molecule has 0 aromatic carbocycles. The molecule has 4 heterocycles. The second-order valence-electron chi connectivity index (χ2n) is 6.71. The lowest BCUT2D eigenvalue weighted by Crippen LogP contribution is -2.43. The first-order valence-corrected chi connectivity index (χ1v) is 10.1. The largest absolute Gasteiger partial charge is 0.503 e. The van der Waals surface area contributed by atoms with E-state index in [4.69, 9.17) is 4.74 Å². The van der Waals surface area contributed by atoms with Gasteiger partial charge in [-0.05, 0) is 23.1 Å². The predicted molar refractivity (Wildman–Crippen MR) is 104 cm³/mol. The maximum atomic E-state index is 13.1. The molecule has 0 unspecified atom stereocenters. The zero-order valence-corrected chi connectivity index (χ0v) is 16.1. The molecule has 1 saturated heterocycles. The average Bonchev–Trinajstić information content (AvgIpc) is 3.36. The normalized spacial score (nSPS) is 20.8. The summed E-state index contributed by atoms with van der Waals surface area (Å²) in [7, 11) is 0. The van der Waals surface area contributed by atoms with Crippen LogP contribution in [0, 0.1) is 0 Å². The van der Waals surface area contributed by atoms with E-state index in [0.717, 1.165) is 13.1 Å². The van der Waals surface area contributed by atoms with Crippen molar-refractivity contribution in [3.8, 4) is 0 Å². The molecule has 2 aliphatic heterocycles. The molecule has 0 radical (unpaired) electrons. The van der Waals surface area contributed by atoms with Gasteiger partial charge in [0.2, 0.25) is 5.78 Å². The van der Waals surface area contributed by atoms with Gasteiger partial charge < -0.3 is 14.7 Å². The Hall–Kier alpha value is -2.55. The monoisotopic (exact) mass is 399 g/mol. The number of ether oxygens (including phenoxy) is 1. The van der Waals surface area contributed by atoms with Crippen molar-refractivity contribution in [3.63, 3.8) is 0 Å². The smallest absolute Gasteiger partial charge is 0.290 e. The summed E-state index contributed by atoms with van der Waals surface area (Å²) in [5.74, 6) is -1.29. The lowest BCUT2D eigenvalue weighted by molar-refractivity contribution is -0.129. The van der Waals surface area contributed by atoms with Crippen molar-refractivity contribution >= 4 is 23.0 Å². The quantitative estimate of drug-likeness (QED) is 0.749. The van der Waals surface area contributed by atoms with Crippen LogP contribution in [-0.4, -0.2) is 71.0 Å². The molecule has 2 aromatic rings. The Balaban J connectivity index is 1.64. The van der Waals surface area contributed by atoms with E-state index in [1.807, 2.05) is 6.07 Å². The van der Waals surface area contributed by atoms with Crippen LogP contribution in [0.15, 0.2) is 53.4 Å². The zero-order chi connectivity index (χ0) is 19.5. The highest BCUT2D eigenvalue weighted by Crippen LogP contribution is 2.39. The fourth-order valence-electron chi connectivity index (χ4n) is 3.61. The number of carbonyl (C=O) groups excluding carboxylic acids is 2. The molecule has 146 valence electrons. The fraction of sp³-hybridized carbons (Fsp3) is 0.350. The van der Waals surface area contributed by atoms with Crippen molar-refractivity contribution in [1.82, 2.24) is 14.8 Å². The average molecular weight is 399 g/mol. The van der Waals surface area contributed by atoms with Gasteiger partial charge in [-0.3, -0.25) is 19.5 Å². The molecule has 4 rings (SSSR count). The molecular formula is C20H21N3O4S. The minimum absolute atomic E-state index is 0.127. The second kappa shape index (κ2) is 8.22. The van der Waals surface area contributed by atoms with Crippen molar-refractivity contribution in [2.75, 3.05) is 39.4 Å². The van der Waals surface area contributed by atoms with Crippen LogP contribution in [0.1, 0.15) is 21.3 Å². The van der Waals surface area contributed by atoms with Crippen LogP contribution >= 0.6 is 11.3 Å². The number of hydrogen-bond acceptors (Lipinski definition) is 7. The molecule has 1 amide bonds. The van der Waals surface area contributed by atoms with Gasteiger partial charge >= 0.3 is 0 Å². The lowest BCUT2D eigenvalue weighted by atomic mass is 9.96. The topological polar surface area (TPSA) is 83.0 Å². The zero-order valence-electron chi connectivity index (χ0n) is 15.3. The van der Waals surface area contributed by atoms with Crippen molar-refractivity contribution < 1.29 is 19.4 Å². The van der Waals surface area contributed by atoms with Gasteiger partial charge in [0.15, 0.2) is 5.76 Å². The van der Waals surface area contributed by atoms with Crippen molar-refractivity contribution in [2.24, 2.45) is 0 Å². The molecule has 28 heavy (non-hydrogen) atoms. The van der Waals surface area contributed by atoms with Crippen molar-refractivity contribution in [1.29, 1.82) is 0 Å². The highest BCUT2D eigenvalue weighted by Gasteiger charge is 2.44. The van der Waals surface area contributed by atoms with Gasteiger partial charge in [0.1, 0.15) is 0 Å². The van der Waals surface area contributed by atoms with E-state index >= 15 is 0 Å². The summed E-state index contributed by atoms with van der Waals surface area (Å²) in [6.45, 7) is 4.01. The van der Waals surface area contributed by atoms with E-state index in [-0.39, 0.29) is 11.4 Å². The molecule has 8 heteroatoms. The number of aliphatic hydroxyl groups excluding tert-OH is 1. The summed E-state index contributed by atoms with van der Waals surface area (Å²) >= 11 is 1.29. The third-order valence-electron chi connectivity index (χ3n) is 5.05. The van der Waals surface area contributed by atoms with Gasteiger partial charge in [0, 0.05) is 38.6 Å². The first-order chi connectivity index (χ1) is 13.7. The Kier molecular flexibility index (Phi) is 5.52. The molecule has 2 aromatic heterocycles. The molecule has 0 bridgehead atoms. The molecule has 0 aliphatic carbocycles. The van der Waals surface area contributed by atoms with Gasteiger partial charge in [-0.2, -0.15) is 0 Å². The molecule has 1 atom stereocenters. The number of amides is 1. The van der Waals surface area contributed by atoms with Crippen LogP contribution in [-0.2, 0) is 9.53 Å². The Morgan fingerprint density at radius 2 is 2.07 bits per heavy atom. The maximum Gasteiger partial charge on any atom is 0.290 e. The van der Waals surface area contributed by atoms with Crippen LogP contribution in [0.5, 0.6) is 0 Å². The number of pyridine rings is 1. The van der Waals surface area contributed by atoms with Gasteiger partial charge in [-0.15, -0.1) is 11.3 Å². The standard InChI is InChI=1S/C20H21N3O4S/c24-18(15-4-2-12-28-15)16-17(14-3-1-5-21-13-14)23(20(26)19(16)25)7-6-22-8-10-27-11-9-22/h1-5,12-13,17,25H,6-11H2/t17-/m0/s1. The van der Waals surface area contributed by atoms with Crippen molar-refractivity contribution in [2.45, 2.75) is 6.04 Å². The number of rotatable bonds is 6. The van der Waals surface area contributed by atoms with Crippen LogP contribution in [0.4, 0.5) is 0 Å².